The van der Waals surface area contributed by atoms with Gasteiger partial charge in [-0.1, -0.05) is 24.3 Å². The van der Waals surface area contributed by atoms with Gasteiger partial charge < -0.3 is 0 Å². The fraction of sp³-hybridized carbons (Fsp3) is 0.133. The molecule has 2 N–H and O–H groups in total. The van der Waals surface area contributed by atoms with Crippen LogP contribution in [0.1, 0.15) is 11.1 Å². The normalized spacial score (nSPS) is 13.0. The monoisotopic (exact) mass is 265 g/mol. The zero-order chi connectivity index (χ0) is 13.7. The van der Waals surface area contributed by atoms with E-state index in [4.69, 9.17) is 0 Å². The average molecular weight is 265 g/mol. The summed E-state index contributed by atoms with van der Waals surface area (Å²) in [7, 11) is 0. The van der Waals surface area contributed by atoms with Crippen LogP contribution in [0.4, 0.5) is 0 Å². The average Bonchev–Trinajstić information content (AvgIpc) is 2.45. The molecule has 5 heteroatoms. The van der Waals surface area contributed by atoms with Crippen LogP contribution in [0.2, 0.25) is 0 Å². The SMILES string of the molecule is O=c1[nH]c(=O)c2cc3c(nc2[nH]1)-c1ccccc1CC3. The van der Waals surface area contributed by atoms with Gasteiger partial charge in [0, 0.05) is 5.56 Å². The van der Waals surface area contributed by atoms with E-state index in [1.165, 1.54) is 5.56 Å². The molecule has 0 saturated heterocycles. The summed E-state index contributed by atoms with van der Waals surface area (Å²) >= 11 is 0. The highest BCUT2D eigenvalue weighted by atomic mass is 16.2. The van der Waals surface area contributed by atoms with Gasteiger partial charge in [-0.3, -0.25) is 14.8 Å². The van der Waals surface area contributed by atoms with Gasteiger partial charge in [0.15, 0.2) is 0 Å². The standard InChI is InChI=1S/C15H11N3O2/c19-14-11-7-9-6-5-8-3-1-2-4-10(8)12(9)16-13(11)17-15(20)18-14/h1-4,7H,5-6H2,(H2,16,17,18,19,20). The Bertz CT molecular complexity index is 953. The second-order valence-electron chi connectivity index (χ2n) is 4.96. The quantitative estimate of drug-likeness (QED) is 0.644. The summed E-state index contributed by atoms with van der Waals surface area (Å²) in [6.45, 7) is 0. The number of hydrogen-bond acceptors (Lipinski definition) is 3. The molecule has 0 saturated carbocycles. The van der Waals surface area contributed by atoms with E-state index in [1.54, 1.807) is 0 Å². The van der Waals surface area contributed by atoms with E-state index in [0.29, 0.717) is 11.0 Å². The molecule has 0 radical (unpaired) electrons. The van der Waals surface area contributed by atoms with Crippen molar-refractivity contribution in [2.75, 3.05) is 0 Å². The smallest absolute Gasteiger partial charge is 0.291 e. The first-order valence-corrected chi connectivity index (χ1v) is 6.47. The minimum atomic E-state index is -0.529. The highest BCUT2D eigenvalue weighted by molar-refractivity contribution is 5.81. The molecule has 0 aliphatic heterocycles. The van der Waals surface area contributed by atoms with E-state index in [1.807, 2.05) is 24.3 Å². The largest absolute Gasteiger partial charge is 0.327 e. The lowest BCUT2D eigenvalue weighted by molar-refractivity contribution is 0.928. The number of rotatable bonds is 0. The number of benzene rings is 1. The minimum Gasteiger partial charge on any atom is -0.291 e. The molecule has 0 unspecified atom stereocenters. The van der Waals surface area contributed by atoms with Crippen LogP contribution in [-0.2, 0) is 12.8 Å². The van der Waals surface area contributed by atoms with Gasteiger partial charge in [-0.25, -0.2) is 9.78 Å². The van der Waals surface area contributed by atoms with E-state index in [0.717, 1.165) is 29.7 Å². The van der Waals surface area contributed by atoms with Crippen molar-refractivity contribution in [3.8, 4) is 11.3 Å². The second kappa shape index (κ2) is 3.90. The summed E-state index contributed by atoms with van der Waals surface area (Å²) < 4.78 is 0. The van der Waals surface area contributed by atoms with Crippen molar-refractivity contribution in [3.63, 3.8) is 0 Å². The first-order valence-electron chi connectivity index (χ1n) is 6.47. The predicted molar refractivity (Wildman–Crippen MR) is 75.8 cm³/mol. The van der Waals surface area contributed by atoms with E-state index in [9.17, 15) is 9.59 Å². The number of nitrogens with one attached hydrogen (secondary N) is 2. The van der Waals surface area contributed by atoms with Crippen molar-refractivity contribution in [2.45, 2.75) is 12.8 Å². The number of nitrogens with zero attached hydrogens (tertiary/aromatic N) is 1. The molecule has 2 aromatic heterocycles. The Morgan fingerprint density at radius 3 is 2.70 bits per heavy atom. The second-order valence-corrected chi connectivity index (χ2v) is 4.96. The molecule has 4 rings (SSSR count). The van der Waals surface area contributed by atoms with E-state index in [-0.39, 0.29) is 0 Å². The number of aryl methyl sites for hydroxylation is 2. The Morgan fingerprint density at radius 2 is 1.80 bits per heavy atom. The molecule has 0 fully saturated rings. The van der Waals surface area contributed by atoms with Crippen molar-refractivity contribution in [2.24, 2.45) is 0 Å². The zero-order valence-electron chi connectivity index (χ0n) is 10.6. The Labute approximate surface area is 113 Å². The first kappa shape index (κ1) is 11.2. The Hall–Kier alpha value is -2.69. The molecule has 0 bridgehead atoms. The van der Waals surface area contributed by atoms with Crippen LogP contribution in [0.5, 0.6) is 0 Å². The lowest BCUT2D eigenvalue weighted by Crippen LogP contribution is -2.23. The van der Waals surface area contributed by atoms with E-state index < -0.39 is 11.2 Å². The maximum absolute atomic E-state index is 11.8. The van der Waals surface area contributed by atoms with Gasteiger partial charge in [0.1, 0.15) is 5.65 Å². The van der Waals surface area contributed by atoms with Gasteiger partial charge in [-0.15, -0.1) is 0 Å². The fourth-order valence-electron chi connectivity index (χ4n) is 2.79. The number of fused-ring (bicyclic) bond motifs is 4. The van der Waals surface area contributed by atoms with Crippen molar-refractivity contribution in [3.05, 3.63) is 62.3 Å². The molecule has 3 aromatic rings. The van der Waals surface area contributed by atoms with Gasteiger partial charge in [0.2, 0.25) is 0 Å². The summed E-state index contributed by atoms with van der Waals surface area (Å²) in [5.74, 6) is 0. The highest BCUT2D eigenvalue weighted by Gasteiger charge is 2.18. The number of hydrogen-bond donors (Lipinski definition) is 2. The van der Waals surface area contributed by atoms with Crippen LogP contribution < -0.4 is 11.2 Å². The van der Waals surface area contributed by atoms with Crippen LogP contribution in [0, 0.1) is 0 Å². The van der Waals surface area contributed by atoms with E-state index >= 15 is 0 Å². The third-order valence-corrected chi connectivity index (χ3v) is 3.74. The van der Waals surface area contributed by atoms with Crippen molar-refractivity contribution < 1.29 is 0 Å². The molecule has 0 atom stereocenters. The summed E-state index contributed by atoms with van der Waals surface area (Å²) in [6.07, 6.45) is 1.80. The summed E-state index contributed by atoms with van der Waals surface area (Å²) in [5.41, 5.74) is 3.66. The van der Waals surface area contributed by atoms with Crippen molar-refractivity contribution in [1.29, 1.82) is 0 Å². The molecule has 0 spiro atoms. The third kappa shape index (κ3) is 1.53. The zero-order valence-corrected chi connectivity index (χ0v) is 10.6. The van der Waals surface area contributed by atoms with Crippen LogP contribution in [-0.4, -0.2) is 15.0 Å². The van der Waals surface area contributed by atoms with Gasteiger partial charge in [0.05, 0.1) is 11.1 Å². The van der Waals surface area contributed by atoms with Gasteiger partial charge in [0.25, 0.3) is 5.56 Å². The van der Waals surface area contributed by atoms with Gasteiger partial charge in [-0.2, -0.15) is 0 Å². The molecule has 1 aromatic carbocycles. The molecule has 2 heterocycles. The molecule has 1 aliphatic rings. The molecule has 98 valence electrons. The number of H-pyrrole nitrogens is 2. The Balaban J connectivity index is 2.12. The minimum absolute atomic E-state index is 0.342. The van der Waals surface area contributed by atoms with Crippen molar-refractivity contribution in [1.82, 2.24) is 15.0 Å². The summed E-state index contributed by atoms with van der Waals surface area (Å²) in [6, 6.07) is 9.93. The molecular formula is C15H11N3O2. The van der Waals surface area contributed by atoms with Crippen LogP contribution in [0.25, 0.3) is 22.3 Å². The fourth-order valence-corrected chi connectivity index (χ4v) is 2.79. The third-order valence-electron chi connectivity index (χ3n) is 3.74. The number of aromatic amines is 2. The molecule has 0 amide bonds. The topological polar surface area (TPSA) is 78.6 Å². The summed E-state index contributed by atoms with van der Waals surface area (Å²) in [5, 5.41) is 0.433. The van der Waals surface area contributed by atoms with Crippen LogP contribution in [0.3, 0.4) is 0 Å². The lowest BCUT2D eigenvalue weighted by atomic mass is 9.89. The Kier molecular flexibility index (Phi) is 2.18. The van der Waals surface area contributed by atoms with Crippen LogP contribution in [0.15, 0.2) is 39.9 Å². The molecule has 20 heavy (non-hydrogen) atoms. The number of pyridine rings is 1. The molecular weight excluding hydrogens is 254 g/mol. The molecule has 1 aliphatic carbocycles. The Morgan fingerprint density at radius 1 is 1.00 bits per heavy atom. The lowest BCUT2D eigenvalue weighted by Gasteiger charge is -2.18. The maximum atomic E-state index is 11.8. The first-order chi connectivity index (χ1) is 9.72. The van der Waals surface area contributed by atoms with Crippen molar-refractivity contribution >= 4 is 11.0 Å². The molecule has 5 nitrogen and oxygen atoms in total. The highest BCUT2D eigenvalue weighted by Crippen LogP contribution is 2.32. The number of aromatic nitrogens is 3. The maximum Gasteiger partial charge on any atom is 0.327 e. The van der Waals surface area contributed by atoms with Gasteiger partial charge in [-0.05, 0) is 30.0 Å². The predicted octanol–water partition coefficient (Wildman–Crippen LogP) is 1.38. The van der Waals surface area contributed by atoms with E-state index in [2.05, 4.69) is 21.0 Å². The summed E-state index contributed by atoms with van der Waals surface area (Å²) in [4.78, 5) is 32.5. The van der Waals surface area contributed by atoms with Gasteiger partial charge >= 0.3 is 5.69 Å². The van der Waals surface area contributed by atoms with Crippen LogP contribution >= 0.6 is 0 Å².